The monoisotopic (exact) mass is 312 g/mol. The Bertz CT molecular complexity index is 733. The van der Waals surface area contributed by atoms with Gasteiger partial charge >= 0.3 is 0 Å². The normalized spacial score (nSPS) is 38.8. The van der Waals surface area contributed by atoms with Gasteiger partial charge in [-0.15, -0.1) is 0 Å². The van der Waals surface area contributed by atoms with E-state index >= 15 is 0 Å². The molecule has 24 heavy (non-hydrogen) atoms. The highest BCUT2D eigenvalue weighted by molar-refractivity contribution is 5.96. The van der Waals surface area contributed by atoms with Gasteiger partial charge in [-0.05, 0) is 83.5 Å². The Hall–Kier alpha value is -1.82. The van der Waals surface area contributed by atoms with E-state index in [1.54, 1.807) is 11.1 Å². The second-order valence-corrected chi connectivity index (χ2v) is 8.50. The molecule has 0 heteroatoms. The zero-order chi connectivity index (χ0) is 15.7. The van der Waals surface area contributed by atoms with Gasteiger partial charge < -0.3 is 0 Å². The lowest BCUT2D eigenvalue weighted by molar-refractivity contribution is 0.214. The number of hydrogen-bond donors (Lipinski definition) is 0. The molecule has 0 spiro atoms. The Morgan fingerprint density at radius 3 is 1.46 bits per heavy atom. The average molecular weight is 312 g/mol. The molecular formula is C24H24. The lowest BCUT2D eigenvalue weighted by Crippen LogP contribution is -2.29. The average Bonchev–Trinajstić information content (AvgIpc) is 3.41. The zero-order valence-electron chi connectivity index (χ0n) is 14.1. The maximum Gasteiger partial charge on any atom is -0.0113 e. The summed E-state index contributed by atoms with van der Waals surface area (Å²) in [5, 5.41) is 0. The summed E-state index contributed by atoms with van der Waals surface area (Å²) in [6, 6.07) is 22.6. The van der Waals surface area contributed by atoms with Gasteiger partial charge in [0.05, 0.1) is 0 Å². The van der Waals surface area contributed by atoms with Crippen molar-refractivity contribution in [1.29, 1.82) is 0 Å². The molecule has 0 radical (unpaired) electrons. The first-order valence-electron chi connectivity index (χ1n) is 9.76. The Balaban J connectivity index is 1.56. The van der Waals surface area contributed by atoms with Gasteiger partial charge in [-0.3, -0.25) is 0 Å². The Kier molecular flexibility index (Phi) is 2.72. The fourth-order valence-electron chi connectivity index (χ4n) is 7.16. The predicted octanol–water partition coefficient (Wildman–Crippen LogP) is 5.91. The van der Waals surface area contributed by atoms with Gasteiger partial charge in [0.2, 0.25) is 0 Å². The van der Waals surface area contributed by atoms with Gasteiger partial charge in [0.15, 0.2) is 0 Å². The van der Waals surface area contributed by atoms with Crippen LogP contribution in [-0.4, -0.2) is 0 Å². The van der Waals surface area contributed by atoms with Gasteiger partial charge in [-0.2, -0.15) is 0 Å². The van der Waals surface area contributed by atoms with E-state index in [-0.39, 0.29) is 0 Å². The van der Waals surface area contributed by atoms with Crippen LogP contribution >= 0.6 is 0 Å². The Morgan fingerprint density at radius 1 is 0.542 bits per heavy atom. The van der Waals surface area contributed by atoms with Crippen LogP contribution in [0.15, 0.2) is 60.7 Å². The van der Waals surface area contributed by atoms with Crippen LogP contribution in [0.5, 0.6) is 0 Å². The van der Waals surface area contributed by atoms with Crippen molar-refractivity contribution in [3.05, 3.63) is 71.8 Å². The summed E-state index contributed by atoms with van der Waals surface area (Å²) in [4.78, 5) is 0. The summed E-state index contributed by atoms with van der Waals surface area (Å²) < 4.78 is 0. The van der Waals surface area contributed by atoms with Crippen molar-refractivity contribution in [2.45, 2.75) is 25.7 Å². The predicted molar refractivity (Wildman–Crippen MR) is 99.1 cm³/mol. The fourth-order valence-corrected chi connectivity index (χ4v) is 7.16. The number of hydrogen-bond acceptors (Lipinski definition) is 0. The van der Waals surface area contributed by atoms with E-state index < -0.39 is 0 Å². The van der Waals surface area contributed by atoms with Gasteiger partial charge in [0, 0.05) is 0 Å². The molecule has 0 amide bonds. The van der Waals surface area contributed by atoms with Crippen LogP contribution in [-0.2, 0) is 0 Å². The first kappa shape index (κ1) is 13.5. The minimum Gasteiger partial charge on any atom is -0.0622 e. The summed E-state index contributed by atoms with van der Waals surface area (Å²) in [5.74, 6) is 5.71. The topological polar surface area (TPSA) is 0 Å². The van der Waals surface area contributed by atoms with Crippen LogP contribution in [0.2, 0.25) is 0 Å². The third-order valence-corrected chi connectivity index (χ3v) is 7.69. The maximum atomic E-state index is 2.35. The van der Waals surface area contributed by atoms with Crippen LogP contribution in [0.1, 0.15) is 36.8 Å². The molecule has 6 unspecified atom stereocenters. The summed E-state index contributed by atoms with van der Waals surface area (Å²) in [6.45, 7) is 0. The van der Waals surface area contributed by atoms with E-state index in [0.717, 1.165) is 35.5 Å². The minimum absolute atomic E-state index is 0.827. The van der Waals surface area contributed by atoms with Crippen LogP contribution in [0.4, 0.5) is 0 Å². The summed E-state index contributed by atoms with van der Waals surface area (Å²) in [5.41, 5.74) is 6.40. The second-order valence-electron chi connectivity index (χ2n) is 8.50. The van der Waals surface area contributed by atoms with E-state index in [9.17, 15) is 0 Å². The zero-order valence-corrected chi connectivity index (χ0v) is 14.1. The first-order chi connectivity index (χ1) is 11.9. The molecule has 6 atom stereocenters. The molecule has 4 aliphatic rings. The number of allylic oxidation sites excluding steroid dienone is 2. The summed E-state index contributed by atoms with van der Waals surface area (Å²) in [6.07, 6.45) is 5.98. The van der Waals surface area contributed by atoms with Crippen molar-refractivity contribution in [3.63, 3.8) is 0 Å². The van der Waals surface area contributed by atoms with E-state index in [1.165, 1.54) is 36.8 Å². The third kappa shape index (κ3) is 1.64. The van der Waals surface area contributed by atoms with Crippen LogP contribution in [0, 0.1) is 35.5 Å². The largest absolute Gasteiger partial charge is 0.0622 e. The first-order valence-corrected chi connectivity index (χ1v) is 9.76. The molecule has 120 valence electrons. The second kappa shape index (κ2) is 4.85. The van der Waals surface area contributed by atoms with Crippen LogP contribution < -0.4 is 0 Å². The molecule has 2 aromatic carbocycles. The van der Waals surface area contributed by atoms with Gasteiger partial charge in [-0.25, -0.2) is 0 Å². The van der Waals surface area contributed by atoms with Crippen molar-refractivity contribution in [2.75, 3.05) is 0 Å². The van der Waals surface area contributed by atoms with E-state index in [0.29, 0.717) is 0 Å². The molecule has 2 aromatic rings. The molecule has 0 saturated heterocycles. The number of rotatable bonds is 2. The molecule has 4 aliphatic carbocycles. The summed E-state index contributed by atoms with van der Waals surface area (Å²) >= 11 is 0. The third-order valence-electron chi connectivity index (χ3n) is 7.69. The molecule has 0 heterocycles. The highest BCUT2D eigenvalue weighted by Gasteiger charge is 2.62. The highest BCUT2D eigenvalue weighted by Crippen LogP contribution is 2.71. The van der Waals surface area contributed by atoms with Crippen molar-refractivity contribution >= 4 is 11.1 Å². The SMILES string of the molecule is c1ccc(C2=C(c3ccccc3)C3CC2C2C4CCC(C4)C32)cc1. The molecular weight excluding hydrogens is 288 g/mol. The highest BCUT2D eigenvalue weighted by atomic mass is 14.7. The molecule has 4 bridgehead atoms. The minimum atomic E-state index is 0.827. The molecule has 0 aromatic heterocycles. The number of benzene rings is 2. The van der Waals surface area contributed by atoms with Gasteiger partial charge in [0.1, 0.15) is 0 Å². The van der Waals surface area contributed by atoms with E-state index in [4.69, 9.17) is 0 Å². The van der Waals surface area contributed by atoms with Crippen molar-refractivity contribution in [2.24, 2.45) is 35.5 Å². The molecule has 3 fully saturated rings. The van der Waals surface area contributed by atoms with Crippen molar-refractivity contribution < 1.29 is 0 Å². The Labute approximate surface area is 144 Å². The van der Waals surface area contributed by atoms with Gasteiger partial charge in [0.25, 0.3) is 0 Å². The Morgan fingerprint density at radius 2 is 1.00 bits per heavy atom. The molecule has 0 nitrogen and oxygen atoms in total. The summed E-state index contributed by atoms with van der Waals surface area (Å²) in [7, 11) is 0. The number of fused-ring (bicyclic) bond motifs is 9. The molecule has 0 aliphatic heterocycles. The van der Waals surface area contributed by atoms with Crippen molar-refractivity contribution in [3.8, 4) is 0 Å². The van der Waals surface area contributed by atoms with Gasteiger partial charge in [-0.1, -0.05) is 60.7 Å². The van der Waals surface area contributed by atoms with Crippen LogP contribution in [0.3, 0.4) is 0 Å². The van der Waals surface area contributed by atoms with Crippen LogP contribution in [0.25, 0.3) is 11.1 Å². The lowest BCUT2D eigenvalue weighted by atomic mass is 9.67. The standard InChI is InChI=1S/C24H24/c1-3-7-15(8-4-1)21-19-14-20(22(21)16-9-5-2-6-10-16)24-18-12-11-17(13-18)23(19)24/h1-10,17-20,23-24H,11-14H2. The quantitative estimate of drug-likeness (QED) is 0.605. The molecule has 6 rings (SSSR count). The maximum absolute atomic E-state index is 2.35. The smallest absolute Gasteiger partial charge is 0.0113 e. The van der Waals surface area contributed by atoms with E-state index in [2.05, 4.69) is 60.7 Å². The van der Waals surface area contributed by atoms with Crippen molar-refractivity contribution in [1.82, 2.24) is 0 Å². The molecule has 0 N–H and O–H groups in total. The van der Waals surface area contributed by atoms with E-state index in [1.807, 2.05) is 0 Å². The fraction of sp³-hybridized carbons (Fsp3) is 0.417. The molecule has 3 saturated carbocycles. The lowest BCUT2D eigenvalue weighted by Gasteiger charge is -2.37.